The largest absolute Gasteiger partial charge is 0.395 e. The number of rotatable bonds is 6. The highest BCUT2D eigenvalue weighted by molar-refractivity contribution is 5.88. The van der Waals surface area contributed by atoms with Gasteiger partial charge in [-0.2, -0.15) is 5.10 Å². The van der Waals surface area contributed by atoms with Gasteiger partial charge in [0.05, 0.1) is 18.8 Å². The van der Waals surface area contributed by atoms with Crippen LogP contribution in [0.5, 0.6) is 0 Å². The molecule has 1 heterocycles. The van der Waals surface area contributed by atoms with Gasteiger partial charge in [0.1, 0.15) is 5.82 Å². The molecule has 106 valence electrons. The Kier molecular flexibility index (Phi) is 4.42. The van der Waals surface area contributed by atoms with Crippen molar-refractivity contribution >= 4 is 11.8 Å². The fourth-order valence-electron chi connectivity index (χ4n) is 2.06. The monoisotopic (exact) mass is 266 g/mol. The number of nitrogens with zero attached hydrogens (tertiary/aromatic N) is 3. The fraction of sp³-hybridized carbons (Fsp3) is 0.692. The van der Waals surface area contributed by atoms with Crippen LogP contribution in [0, 0.1) is 0 Å². The Morgan fingerprint density at radius 1 is 1.68 bits per heavy atom. The number of amides is 2. The van der Waals surface area contributed by atoms with E-state index in [4.69, 9.17) is 5.11 Å². The van der Waals surface area contributed by atoms with Gasteiger partial charge in [0.15, 0.2) is 0 Å². The van der Waals surface area contributed by atoms with E-state index in [1.165, 1.54) is 0 Å². The first-order chi connectivity index (χ1) is 9.17. The van der Waals surface area contributed by atoms with E-state index in [1.54, 1.807) is 17.2 Å². The molecule has 1 fully saturated rings. The first-order valence-corrected chi connectivity index (χ1v) is 6.89. The molecule has 0 aromatic carbocycles. The third kappa shape index (κ3) is 3.26. The second kappa shape index (κ2) is 6.06. The van der Waals surface area contributed by atoms with Gasteiger partial charge in [-0.15, -0.1) is 0 Å². The topological polar surface area (TPSA) is 70.4 Å². The predicted molar refractivity (Wildman–Crippen MR) is 73.1 cm³/mol. The summed E-state index contributed by atoms with van der Waals surface area (Å²) < 4.78 is 1.82. The molecule has 1 aliphatic rings. The van der Waals surface area contributed by atoms with Gasteiger partial charge in [-0.1, -0.05) is 6.92 Å². The van der Waals surface area contributed by atoms with Gasteiger partial charge in [-0.05, 0) is 26.2 Å². The Morgan fingerprint density at radius 3 is 3.00 bits per heavy atom. The average Bonchev–Trinajstić information content (AvgIpc) is 3.14. The molecular formula is C13H22N4O2. The number of urea groups is 1. The number of hydrogen-bond donors (Lipinski definition) is 2. The number of aliphatic hydroxyl groups excluding tert-OH is 1. The number of aliphatic hydroxyl groups is 1. The van der Waals surface area contributed by atoms with Crippen LogP contribution in [-0.4, -0.2) is 45.0 Å². The van der Waals surface area contributed by atoms with Gasteiger partial charge in [-0.3, -0.25) is 5.32 Å². The van der Waals surface area contributed by atoms with Crippen LogP contribution in [0.2, 0.25) is 0 Å². The molecule has 2 amide bonds. The smallest absolute Gasteiger partial charge is 0.323 e. The SMILES string of the molecule is CCC(C)n1nccc1NC(=O)N(CCO)C1CC1. The van der Waals surface area contributed by atoms with Crippen LogP contribution in [0.4, 0.5) is 10.6 Å². The van der Waals surface area contributed by atoms with E-state index < -0.39 is 0 Å². The van der Waals surface area contributed by atoms with Gasteiger partial charge in [0, 0.05) is 18.7 Å². The number of carbonyl (C=O) groups excluding carboxylic acids is 1. The Labute approximate surface area is 113 Å². The van der Waals surface area contributed by atoms with Crippen LogP contribution in [0.1, 0.15) is 39.2 Å². The third-order valence-corrected chi connectivity index (χ3v) is 3.50. The lowest BCUT2D eigenvalue weighted by Crippen LogP contribution is -2.39. The number of anilines is 1. The van der Waals surface area contributed by atoms with E-state index in [-0.39, 0.29) is 24.7 Å². The van der Waals surface area contributed by atoms with Crippen molar-refractivity contribution in [3.05, 3.63) is 12.3 Å². The van der Waals surface area contributed by atoms with Crippen molar-refractivity contribution in [3.63, 3.8) is 0 Å². The molecule has 1 aromatic heterocycles. The van der Waals surface area contributed by atoms with Gasteiger partial charge in [0.2, 0.25) is 0 Å². The van der Waals surface area contributed by atoms with E-state index >= 15 is 0 Å². The number of nitrogens with one attached hydrogen (secondary N) is 1. The lowest BCUT2D eigenvalue weighted by atomic mass is 10.3. The maximum atomic E-state index is 12.2. The summed E-state index contributed by atoms with van der Waals surface area (Å²) in [4.78, 5) is 13.9. The lowest BCUT2D eigenvalue weighted by molar-refractivity contribution is 0.185. The van der Waals surface area contributed by atoms with Crippen LogP contribution in [-0.2, 0) is 0 Å². The molecule has 2 N–H and O–H groups in total. The fourth-order valence-corrected chi connectivity index (χ4v) is 2.06. The molecule has 0 saturated heterocycles. The molecule has 0 aliphatic heterocycles. The zero-order valence-corrected chi connectivity index (χ0v) is 11.5. The third-order valence-electron chi connectivity index (χ3n) is 3.50. The molecule has 0 spiro atoms. The standard InChI is InChI=1S/C13H22N4O2/c1-3-10(2)17-12(6-7-14-17)15-13(19)16(8-9-18)11-4-5-11/h6-7,10-11,18H,3-5,8-9H2,1-2H3,(H,15,19). The van der Waals surface area contributed by atoms with Gasteiger partial charge >= 0.3 is 6.03 Å². The van der Waals surface area contributed by atoms with Crippen LogP contribution in [0.25, 0.3) is 0 Å². The predicted octanol–water partition coefficient (Wildman–Crippen LogP) is 1.84. The summed E-state index contributed by atoms with van der Waals surface area (Å²) in [6.45, 7) is 4.53. The summed E-state index contributed by atoms with van der Waals surface area (Å²) in [6, 6.07) is 2.18. The van der Waals surface area contributed by atoms with E-state index in [0.29, 0.717) is 12.4 Å². The van der Waals surface area contributed by atoms with Crippen molar-refractivity contribution in [1.29, 1.82) is 0 Å². The minimum absolute atomic E-state index is 0.00541. The van der Waals surface area contributed by atoms with Crippen LogP contribution in [0.3, 0.4) is 0 Å². The Hall–Kier alpha value is -1.56. The molecule has 6 heteroatoms. The van der Waals surface area contributed by atoms with E-state index in [9.17, 15) is 4.79 Å². The van der Waals surface area contributed by atoms with Crippen LogP contribution >= 0.6 is 0 Å². The second-order valence-electron chi connectivity index (χ2n) is 5.00. The van der Waals surface area contributed by atoms with Gasteiger partial charge < -0.3 is 10.0 Å². The molecule has 1 saturated carbocycles. The Bertz CT molecular complexity index is 428. The molecule has 1 unspecified atom stereocenters. The number of carbonyl (C=O) groups is 1. The van der Waals surface area contributed by atoms with E-state index in [1.807, 2.05) is 4.68 Å². The Balaban J connectivity index is 2.03. The average molecular weight is 266 g/mol. The van der Waals surface area contributed by atoms with Gasteiger partial charge in [-0.25, -0.2) is 9.48 Å². The zero-order valence-electron chi connectivity index (χ0n) is 11.5. The van der Waals surface area contributed by atoms with E-state index in [2.05, 4.69) is 24.3 Å². The summed E-state index contributed by atoms with van der Waals surface area (Å²) in [6.07, 6.45) is 4.69. The normalized spacial score (nSPS) is 16.2. The number of aromatic nitrogens is 2. The highest BCUT2D eigenvalue weighted by Gasteiger charge is 2.32. The quantitative estimate of drug-likeness (QED) is 0.825. The molecular weight excluding hydrogens is 244 g/mol. The molecule has 2 rings (SSSR count). The van der Waals surface area contributed by atoms with Crippen molar-refractivity contribution < 1.29 is 9.90 Å². The molecule has 0 radical (unpaired) electrons. The molecule has 19 heavy (non-hydrogen) atoms. The summed E-state index contributed by atoms with van der Waals surface area (Å²) in [7, 11) is 0. The van der Waals surface area contributed by atoms with Crippen molar-refractivity contribution in [2.24, 2.45) is 0 Å². The minimum Gasteiger partial charge on any atom is -0.395 e. The van der Waals surface area contributed by atoms with Crippen molar-refractivity contribution in [2.45, 2.75) is 45.2 Å². The molecule has 1 aliphatic carbocycles. The number of hydrogen-bond acceptors (Lipinski definition) is 3. The molecule has 1 atom stereocenters. The van der Waals surface area contributed by atoms with Crippen molar-refractivity contribution in [3.8, 4) is 0 Å². The summed E-state index contributed by atoms with van der Waals surface area (Å²) in [5, 5.41) is 16.2. The molecule has 0 bridgehead atoms. The van der Waals surface area contributed by atoms with Crippen molar-refractivity contribution in [1.82, 2.24) is 14.7 Å². The van der Waals surface area contributed by atoms with E-state index in [0.717, 1.165) is 19.3 Å². The maximum Gasteiger partial charge on any atom is 0.323 e. The second-order valence-corrected chi connectivity index (χ2v) is 5.00. The van der Waals surface area contributed by atoms with Crippen LogP contribution < -0.4 is 5.32 Å². The highest BCUT2D eigenvalue weighted by Crippen LogP contribution is 2.27. The molecule has 6 nitrogen and oxygen atoms in total. The van der Waals surface area contributed by atoms with Crippen molar-refractivity contribution in [2.75, 3.05) is 18.5 Å². The minimum atomic E-state index is -0.151. The Morgan fingerprint density at radius 2 is 2.42 bits per heavy atom. The summed E-state index contributed by atoms with van der Waals surface area (Å²) in [5.74, 6) is 0.711. The zero-order chi connectivity index (χ0) is 13.8. The highest BCUT2D eigenvalue weighted by atomic mass is 16.3. The lowest BCUT2D eigenvalue weighted by Gasteiger charge is -2.22. The first-order valence-electron chi connectivity index (χ1n) is 6.89. The summed E-state index contributed by atoms with van der Waals surface area (Å²) >= 11 is 0. The summed E-state index contributed by atoms with van der Waals surface area (Å²) in [5.41, 5.74) is 0. The molecule has 1 aromatic rings. The first kappa shape index (κ1) is 13.9. The van der Waals surface area contributed by atoms with Gasteiger partial charge in [0.25, 0.3) is 0 Å². The maximum absolute atomic E-state index is 12.2. The van der Waals surface area contributed by atoms with Crippen LogP contribution in [0.15, 0.2) is 12.3 Å².